The van der Waals surface area contributed by atoms with E-state index in [0.717, 1.165) is 6.42 Å². The Kier molecular flexibility index (Phi) is 7.69. The first-order valence-electron chi connectivity index (χ1n) is 4.05. The Morgan fingerprint density at radius 2 is 2.18 bits per heavy atom. The zero-order chi connectivity index (χ0) is 8.53. The van der Waals surface area contributed by atoms with Gasteiger partial charge in [-0.05, 0) is 25.2 Å². The lowest BCUT2D eigenvalue weighted by Gasteiger charge is -1.90. The van der Waals surface area contributed by atoms with Gasteiger partial charge in [-0.25, -0.2) is 0 Å². The molecule has 0 aliphatic heterocycles. The number of hydrogen-bond acceptors (Lipinski definition) is 2. The predicted octanol–water partition coefficient (Wildman–Crippen LogP) is 3.01. The molecule has 0 atom stereocenters. The Morgan fingerprint density at radius 3 is 2.73 bits per heavy atom. The van der Waals surface area contributed by atoms with Gasteiger partial charge >= 0.3 is 0 Å². The van der Waals surface area contributed by atoms with Gasteiger partial charge in [0.2, 0.25) is 5.12 Å². The average molecular weight is 172 g/mol. The molecule has 0 aromatic rings. The molecule has 2 heteroatoms. The Morgan fingerprint density at radius 1 is 1.45 bits per heavy atom. The fourth-order valence-corrected chi connectivity index (χ4v) is 0.992. The molecule has 0 spiro atoms. The van der Waals surface area contributed by atoms with Gasteiger partial charge in [0, 0.05) is 0 Å². The molecule has 0 N–H and O–H groups in total. The quantitative estimate of drug-likeness (QED) is 0.468. The van der Waals surface area contributed by atoms with Gasteiger partial charge in [0.1, 0.15) is 0 Å². The third-order valence-electron chi connectivity index (χ3n) is 1.43. The number of carbonyl (C=O) groups excluding carboxylic acids is 1. The molecule has 0 amide bonds. The molecule has 0 aromatic heterocycles. The molecule has 0 saturated carbocycles. The highest BCUT2D eigenvalue weighted by Crippen LogP contribution is 2.01. The summed E-state index contributed by atoms with van der Waals surface area (Å²) in [5.41, 5.74) is 0. The number of thioether (sulfide) groups is 1. The van der Waals surface area contributed by atoms with Gasteiger partial charge in [-0.1, -0.05) is 37.6 Å². The third kappa shape index (κ3) is 7.66. The summed E-state index contributed by atoms with van der Waals surface area (Å²) in [4.78, 5) is 10.7. The van der Waals surface area contributed by atoms with Crippen molar-refractivity contribution in [1.82, 2.24) is 0 Å². The zero-order valence-electron chi connectivity index (χ0n) is 7.30. The minimum absolute atomic E-state index is 0.154. The fourth-order valence-electron chi connectivity index (χ4n) is 0.760. The van der Waals surface area contributed by atoms with Crippen molar-refractivity contribution in [2.45, 2.75) is 32.6 Å². The van der Waals surface area contributed by atoms with Crippen molar-refractivity contribution in [2.75, 3.05) is 6.26 Å². The minimum atomic E-state index is 0.154. The van der Waals surface area contributed by atoms with Crippen molar-refractivity contribution in [3.8, 4) is 0 Å². The lowest BCUT2D eigenvalue weighted by atomic mass is 10.2. The smallest absolute Gasteiger partial charge is 0.211 e. The van der Waals surface area contributed by atoms with E-state index in [-0.39, 0.29) is 5.12 Å². The Balaban J connectivity index is 3.22. The van der Waals surface area contributed by atoms with Gasteiger partial charge in [0.25, 0.3) is 0 Å². The van der Waals surface area contributed by atoms with Crippen LogP contribution in [0.3, 0.4) is 0 Å². The first-order valence-corrected chi connectivity index (χ1v) is 5.28. The van der Waals surface area contributed by atoms with E-state index in [1.807, 2.05) is 6.08 Å². The summed E-state index contributed by atoms with van der Waals surface area (Å²) < 4.78 is 0. The van der Waals surface area contributed by atoms with Crippen LogP contribution < -0.4 is 0 Å². The highest BCUT2D eigenvalue weighted by Gasteiger charge is 1.88. The Hall–Kier alpha value is -0.240. The first-order chi connectivity index (χ1) is 5.31. The highest BCUT2D eigenvalue weighted by molar-refractivity contribution is 8.13. The molecule has 0 unspecified atom stereocenters. The van der Waals surface area contributed by atoms with Crippen LogP contribution in [0, 0.1) is 0 Å². The molecule has 64 valence electrons. The molecule has 1 nitrogen and oxygen atoms in total. The van der Waals surface area contributed by atoms with Crippen molar-refractivity contribution in [3.63, 3.8) is 0 Å². The summed E-state index contributed by atoms with van der Waals surface area (Å²) in [7, 11) is 0. The molecular weight excluding hydrogens is 156 g/mol. The fraction of sp³-hybridized carbons (Fsp3) is 0.667. The molecular formula is C9H16OS. The normalized spacial score (nSPS) is 10.7. The van der Waals surface area contributed by atoms with E-state index in [1.54, 1.807) is 12.3 Å². The summed E-state index contributed by atoms with van der Waals surface area (Å²) in [6.45, 7) is 2.18. The lowest BCUT2D eigenvalue weighted by molar-refractivity contribution is -0.107. The molecule has 0 aliphatic rings. The van der Waals surface area contributed by atoms with Crippen LogP contribution in [0.2, 0.25) is 0 Å². The van der Waals surface area contributed by atoms with Crippen molar-refractivity contribution < 1.29 is 4.79 Å². The van der Waals surface area contributed by atoms with Crippen LogP contribution in [0.5, 0.6) is 0 Å². The topological polar surface area (TPSA) is 17.1 Å². The van der Waals surface area contributed by atoms with Crippen molar-refractivity contribution >= 4 is 16.9 Å². The zero-order valence-corrected chi connectivity index (χ0v) is 8.12. The SMILES string of the molecule is CCCCC/C=C/C(=O)SC. The second-order valence-corrected chi connectivity index (χ2v) is 3.23. The molecule has 0 aromatic carbocycles. The minimum Gasteiger partial charge on any atom is -0.282 e. The van der Waals surface area contributed by atoms with Crippen LogP contribution in [0.1, 0.15) is 32.6 Å². The number of unbranched alkanes of at least 4 members (excludes halogenated alkanes) is 3. The van der Waals surface area contributed by atoms with Gasteiger partial charge in [-0.3, -0.25) is 4.79 Å². The van der Waals surface area contributed by atoms with Gasteiger partial charge in [0.15, 0.2) is 0 Å². The van der Waals surface area contributed by atoms with Crippen LogP contribution in [-0.2, 0) is 4.79 Å². The second-order valence-electron chi connectivity index (χ2n) is 2.42. The molecule has 0 heterocycles. The Labute approximate surface area is 73.3 Å². The van der Waals surface area contributed by atoms with Gasteiger partial charge < -0.3 is 0 Å². The van der Waals surface area contributed by atoms with E-state index in [1.165, 1.54) is 31.0 Å². The molecule has 0 rings (SSSR count). The monoisotopic (exact) mass is 172 g/mol. The molecule has 0 radical (unpaired) electrons. The average Bonchev–Trinajstić information content (AvgIpc) is 2.04. The third-order valence-corrected chi connectivity index (χ3v) is 1.97. The second kappa shape index (κ2) is 7.86. The highest BCUT2D eigenvalue weighted by atomic mass is 32.2. The summed E-state index contributed by atoms with van der Waals surface area (Å²) in [6.07, 6.45) is 10.2. The Bertz CT molecular complexity index is 130. The van der Waals surface area contributed by atoms with E-state index in [2.05, 4.69) is 6.92 Å². The maximum Gasteiger partial charge on any atom is 0.211 e. The molecule has 0 saturated heterocycles. The van der Waals surface area contributed by atoms with E-state index in [4.69, 9.17) is 0 Å². The van der Waals surface area contributed by atoms with E-state index >= 15 is 0 Å². The van der Waals surface area contributed by atoms with E-state index in [0.29, 0.717) is 0 Å². The number of carbonyl (C=O) groups is 1. The molecule has 11 heavy (non-hydrogen) atoms. The van der Waals surface area contributed by atoms with Crippen LogP contribution >= 0.6 is 11.8 Å². The van der Waals surface area contributed by atoms with Crippen molar-refractivity contribution in [2.24, 2.45) is 0 Å². The summed E-state index contributed by atoms with van der Waals surface area (Å²) in [6, 6.07) is 0. The predicted molar refractivity (Wildman–Crippen MR) is 51.8 cm³/mol. The molecule has 0 fully saturated rings. The van der Waals surface area contributed by atoms with Gasteiger partial charge in [0.05, 0.1) is 0 Å². The molecule has 0 aliphatic carbocycles. The first kappa shape index (κ1) is 10.8. The maximum atomic E-state index is 10.7. The van der Waals surface area contributed by atoms with Gasteiger partial charge in [-0.15, -0.1) is 0 Å². The number of rotatable bonds is 5. The van der Waals surface area contributed by atoms with Crippen molar-refractivity contribution in [3.05, 3.63) is 12.2 Å². The summed E-state index contributed by atoms with van der Waals surface area (Å²) >= 11 is 1.26. The van der Waals surface area contributed by atoms with Crippen LogP contribution in [0.4, 0.5) is 0 Å². The summed E-state index contributed by atoms with van der Waals surface area (Å²) in [5.74, 6) is 0. The van der Waals surface area contributed by atoms with E-state index < -0.39 is 0 Å². The standard InChI is InChI=1S/C9H16OS/c1-3-4-5-6-7-8-9(10)11-2/h7-8H,3-6H2,1-2H3/b8-7+. The van der Waals surface area contributed by atoms with Crippen molar-refractivity contribution in [1.29, 1.82) is 0 Å². The molecule has 0 bridgehead atoms. The van der Waals surface area contributed by atoms with Crippen LogP contribution in [0.25, 0.3) is 0 Å². The van der Waals surface area contributed by atoms with E-state index in [9.17, 15) is 4.79 Å². The van der Waals surface area contributed by atoms with Crippen LogP contribution in [-0.4, -0.2) is 11.4 Å². The lowest BCUT2D eigenvalue weighted by Crippen LogP contribution is -1.80. The maximum absolute atomic E-state index is 10.7. The number of allylic oxidation sites excluding steroid dienone is 1. The largest absolute Gasteiger partial charge is 0.282 e. The van der Waals surface area contributed by atoms with Gasteiger partial charge in [-0.2, -0.15) is 0 Å². The summed E-state index contributed by atoms with van der Waals surface area (Å²) in [5, 5.41) is 0.154. The number of hydrogen-bond donors (Lipinski definition) is 0. The van der Waals surface area contributed by atoms with Crippen LogP contribution in [0.15, 0.2) is 12.2 Å².